The van der Waals surface area contributed by atoms with E-state index in [4.69, 9.17) is 0 Å². The summed E-state index contributed by atoms with van der Waals surface area (Å²) in [7, 11) is 1.67. The number of likely N-dealkylation sites (N-methyl/N-ethyl adjacent to an activating group) is 1. The van der Waals surface area contributed by atoms with Crippen LogP contribution in [0.25, 0.3) is 0 Å². The molecule has 6 nitrogen and oxygen atoms in total. The summed E-state index contributed by atoms with van der Waals surface area (Å²) >= 11 is 0. The first-order chi connectivity index (χ1) is 12.7. The fraction of sp³-hybridized carbons (Fsp3) is 0.571. The van der Waals surface area contributed by atoms with Crippen LogP contribution in [0.3, 0.4) is 0 Å². The molecule has 3 rings (SSSR count). The van der Waals surface area contributed by atoms with Crippen molar-refractivity contribution in [3.63, 3.8) is 0 Å². The molecule has 1 aromatic rings. The van der Waals surface area contributed by atoms with Crippen LogP contribution < -0.4 is 5.32 Å². The molecule has 1 saturated heterocycles. The van der Waals surface area contributed by atoms with E-state index in [0.29, 0.717) is 0 Å². The quantitative estimate of drug-likeness (QED) is 0.827. The fourth-order valence-corrected chi connectivity index (χ4v) is 4.42. The van der Waals surface area contributed by atoms with Gasteiger partial charge in [-0.05, 0) is 39.2 Å². The van der Waals surface area contributed by atoms with Crippen molar-refractivity contribution >= 4 is 17.7 Å². The highest BCUT2D eigenvalue weighted by Gasteiger charge is 2.58. The Morgan fingerprint density at radius 1 is 1.11 bits per heavy atom. The van der Waals surface area contributed by atoms with E-state index >= 15 is 0 Å². The topological polar surface area (TPSA) is 69.7 Å². The third-order valence-corrected chi connectivity index (χ3v) is 5.65. The maximum Gasteiger partial charge on any atom is 0.313 e. The summed E-state index contributed by atoms with van der Waals surface area (Å²) in [5.41, 5.74) is -0.141. The van der Waals surface area contributed by atoms with E-state index in [0.717, 1.165) is 31.2 Å². The van der Waals surface area contributed by atoms with Crippen LogP contribution >= 0.6 is 0 Å². The summed E-state index contributed by atoms with van der Waals surface area (Å²) in [4.78, 5) is 42.0. The van der Waals surface area contributed by atoms with Gasteiger partial charge in [-0.25, -0.2) is 0 Å². The summed E-state index contributed by atoms with van der Waals surface area (Å²) in [5.74, 6) is -1.31. The minimum absolute atomic E-state index is 0.187. The van der Waals surface area contributed by atoms with Gasteiger partial charge in [0, 0.05) is 19.1 Å². The van der Waals surface area contributed by atoms with Gasteiger partial charge in [0.25, 0.3) is 0 Å². The Labute approximate surface area is 160 Å². The Hall–Kier alpha value is -2.37. The number of carbonyl (C=O) groups excluding carboxylic acids is 3. The van der Waals surface area contributed by atoms with E-state index in [1.807, 2.05) is 51.1 Å². The van der Waals surface area contributed by atoms with Crippen LogP contribution in [0.5, 0.6) is 0 Å². The lowest BCUT2D eigenvalue weighted by molar-refractivity contribution is -0.172. The Bertz CT molecular complexity index is 733. The highest BCUT2D eigenvalue weighted by atomic mass is 16.2. The normalized spacial score (nSPS) is 22.4. The Balaban J connectivity index is 2.04. The second-order valence-electron chi connectivity index (χ2n) is 8.74. The highest BCUT2D eigenvalue weighted by Crippen LogP contribution is 2.42. The molecule has 1 heterocycles. The summed E-state index contributed by atoms with van der Waals surface area (Å²) in [6.07, 6.45) is 3.36. The van der Waals surface area contributed by atoms with Gasteiger partial charge < -0.3 is 15.1 Å². The van der Waals surface area contributed by atoms with Crippen LogP contribution in [-0.2, 0) is 20.9 Å². The molecule has 0 radical (unpaired) electrons. The number of rotatable bonds is 3. The van der Waals surface area contributed by atoms with Crippen LogP contribution in [0.1, 0.15) is 52.0 Å². The van der Waals surface area contributed by atoms with Gasteiger partial charge in [0.2, 0.25) is 5.91 Å². The Morgan fingerprint density at radius 2 is 1.70 bits per heavy atom. The van der Waals surface area contributed by atoms with E-state index in [9.17, 15) is 14.4 Å². The average Bonchev–Trinajstić information content (AvgIpc) is 3.08. The molecule has 2 aliphatic rings. The molecule has 0 aromatic heterocycles. The molecule has 0 bridgehead atoms. The molecular formula is C21H29N3O3. The van der Waals surface area contributed by atoms with Crippen LogP contribution in [0, 0.1) is 0 Å². The van der Waals surface area contributed by atoms with Crippen molar-refractivity contribution in [2.75, 3.05) is 7.05 Å². The van der Waals surface area contributed by atoms with Crippen LogP contribution in [0.15, 0.2) is 30.3 Å². The molecule has 1 aromatic carbocycles. The minimum atomic E-state index is -0.686. The number of hydrogen-bond acceptors (Lipinski definition) is 3. The second kappa shape index (κ2) is 6.98. The Kier molecular flexibility index (Phi) is 5.02. The summed E-state index contributed by atoms with van der Waals surface area (Å²) in [6, 6.07) is 8.84. The van der Waals surface area contributed by atoms with E-state index in [1.54, 1.807) is 7.05 Å². The third kappa shape index (κ3) is 3.57. The number of carbonyl (C=O) groups is 3. The minimum Gasteiger partial charge on any atom is -0.350 e. The summed E-state index contributed by atoms with van der Waals surface area (Å²) < 4.78 is 0. The number of nitrogens with one attached hydrogen (secondary N) is 1. The van der Waals surface area contributed by atoms with E-state index < -0.39 is 28.9 Å². The van der Waals surface area contributed by atoms with E-state index in [1.165, 1.54) is 9.80 Å². The molecular weight excluding hydrogens is 342 g/mol. The lowest BCUT2D eigenvalue weighted by atomic mass is 9.81. The number of amides is 3. The van der Waals surface area contributed by atoms with Crippen molar-refractivity contribution in [2.24, 2.45) is 0 Å². The van der Waals surface area contributed by atoms with Crippen molar-refractivity contribution in [1.29, 1.82) is 0 Å². The average molecular weight is 371 g/mol. The van der Waals surface area contributed by atoms with Gasteiger partial charge in [0.05, 0.1) is 5.54 Å². The van der Waals surface area contributed by atoms with E-state index in [-0.39, 0.29) is 12.5 Å². The van der Waals surface area contributed by atoms with Gasteiger partial charge in [0.15, 0.2) is 0 Å². The zero-order valence-electron chi connectivity index (χ0n) is 16.6. The van der Waals surface area contributed by atoms with Crippen molar-refractivity contribution < 1.29 is 14.4 Å². The van der Waals surface area contributed by atoms with Gasteiger partial charge in [0.1, 0.15) is 6.04 Å². The fourth-order valence-electron chi connectivity index (χ4n) is 4.42. The van der Waals surface area contributed by atoms with Crippen LogP contribution in [0.4, 0.5) is 0 Å². The third-order valence-electron chi connectivity index (χ3n) is 5.65. The van der Waals surface area contributed by atoms with Gasteiger partial charge in [-0.2, -0.15) is 0 Å². The predicted octanol–water partition coefficient (Wildman–Crippen LogP) is 2.08. The largest absolute Gasteiger partial charge is 0.350 e. The number of piperazine rings is 1. The smallest absolute Gasteiger partial charge is 0.313 e. The lowest BCUT2D eigenvalue weighted by Gasteiger charge is -2.52. The first-order valence-electron chi connectivity index (χ1n) is 9.60. The SMILES string of the molecule is CN1C(=O)C(=O)N(Cc2ccccc2)C(C(=O)NC(C)(C)C)C12CCCC2. The number of nitrogens with zero attached hydrogens (tertiary/aromatic N) is 2. The molecule has 27 heavy (non-hydrogen) atoms. The highest BCUT2D eigenvalue weighted by molar-refractivity contribution is 6.36. The van der Waals surface area contributed by atoms with Gasteiger partial charge in [-0.1, -0.05) is 43.2 Å². The lowest BCUT2D eigenvalue weighted by Crippen LogP contribution is -2.74. The maximum absolute atomic E-state index is 13.3. The predicted molar refractivity (Wildman–Crippen MR) is 103 cm³/mol. The maximum atomic E-state index is 13.3. The van der Waals surface area contributed by atoms with Crippen molar-refractivity contribution in [3.05, 3.63) is 35.9 Å². The number of hydrogen-bond donors (Lipinski definition) is 1. The molecule has 2 fully saturated rings. The second-order valence-corrected chi connectivity index (χ2v) is 8.74. The molecule has 1 spiro atoms. The molecule has 1 unspecified atom stereocenters. The first kappa shape index (κ1) is 19.4. The van der Waals surface area contributed by atoms with Crippen molar-refractivity contribution in [2.45, 2.75) is 70.1 Å². The van der Waals surface area contributed by atoms with Crippen LogP contribution in [-0.4, -0.2) is 51.7 Å². The van der Waals surface area contributed by atoms with Crippen LogP contribution in [0.2, 0.25) is 0 Å². The van der Waals surface area contributed by atoms with Crippen molar-refractivity contribution in [3.8, 4) is 0 Å². The summed E-state index contributed by atoms with van der Waals surface area (Å²) in [5, 5.41) is 3.04. The molecule has 1 aliphatic heterocycles. The molecule has 6 heteroatoms. The summed E-state index contributed by atoms with van der Waals surface area (Å²) in [6.45, 7) is 6.02. The zero-order valence-corrected chi connectivity index (χ0v) is 16.6. The van der Waals surface area contributed by atoms with Gasteiger partial charge >= 0.3 is 11.8 Å². The molecule has 1 atom stereocenters. The molecule has 1 N–H and O–H groups in total. The molecule has 1 saturated carbocycles. The molecule has 3 amide bonds. The monoisotopic (exact) mass is 371 g/mol. The van der Waals surface area contributed by atoms with Gasteiger partial charge in [-0.3, -0.25) is 14.4 Å². The van der Waals surface area contributed by atoms with E-state index in [2.05, 4.69) is 5.32 Å². The number of benzene rings is 1. The first-order valence-corrected chi connectivity index (χ1v) is 9.60. The zero-order chi connectivity index (χ0) is 19.8. The molecule has 146 valence electrons. The van der Waals surface area contributed by atoms with Crippen molar-refractivity contribution in [1.82, 2.24) is 15.1 Å². The van der Waals surface area contributed by atoms with Gasteiger partial charge in [-0.15, -0.1) is 0 Å². The molecule has 1 aliphatic carbocycles. The standard InChI is InChI=1S/C21H29N3O3/c1-20(2,3)22-17(25)16-21(12-8-9-13-21)23(4)18(26)19(27)24(16)14-15-10-6-5-7-11-15/h5-7,10-11,16H,8-9,12-14H2,1-4H3,(H,22,25). The Morgan fingerprint density at radius 3 is 2.26 bits per heavy atom.